The highest BCUT2D eigenvalue weighted by Gasteiger charge is 2.10. The zero-order valence-electron chi connectivity index (χ0n) is 10.1. The first-order valence-electron chi connectivity index (χ1n) is 5.89. The van der Waals surface area contributed by atoms with Crippen LogP contribution in [0.15, 0.2) is 22.0 Å². The van der Waals surface area contributed by atoms with Crippen LogP contribution in [0, 0.1) is 0 Å². The maximum atomic E-state index is 5.23. The highest BCUT2D eigenvalue weighted by atomic mass is 32.1. The molecule has 17 heavy (non-hydrogen) atoms. The summed E-state index contributed by atoms with van der Waals surface area (Å²) in [6.07, 6.45) is 1.84. The molecule has 0 aromatic carbocycles. The maximum Gasteiger partial charge on any atom is 0.227 e. The van der Waals surface area contributed by atoms with Gasteiger partial charge in [0.1, 0.15) is 0 Å². The van der Waals surface area contributed by atoms with Crippen LogP contribution in [0.4, 0.5) is 0 Å². The van der Waals surface area contributed by atoms with E-state index < -0.39 is 0 Å². The standard InChI is InChI=1S/C12H17N3OS/c1-3-13-9(2)6-7-11-14-12(15-16-11)10-5-4-8-17-10/h4-5,8-9,13H,3,6-7H2,1-2H3. The second-order valence-electron chi connectivity index (χ2n) is 3.99. The quantitative estimate of drug-likeness (QED) is 0.857. The lowest BCUT2D eigenvalue weighted by Gasteiger charge is -2.09. The van der Waals surface area contributed by atoms with Gasteiger partial charge in [0.2, 0.25) is 11.7 Å². The molecule has 0 saturated heterocycles. The van der Waals surface area contributed by atoms with Gasteiger partial charge in [0.15, 0.2) is 0 Å². The Kier molecular flexibility index (Phi) is 4.28. The molecule has 1 N–H and O–H groups in total. The van der Waals surface area contributed by atoms with Crippen molar-refractivity contribution in [3.8, 4) is 10.7 Å². The summed E-state index contributed by atoms with van der Waals surface area (Å²) < 4.78 is 5.23. The summed E-state index contributed by atoms with van der Waals surface area (Å²) in [6.45, 7) is 5.27. The zero-order chi connectivity index (χ0) is 12.1. The van der Waals surface area contributed by atoms with Crippen LogP contribution in [0.3, 0.4) is 0 Å². The number of hydrogen-bond acceptors (Lipinski definition) is 5. The third-order valence-corrected chi connectivity index (χ3v) is 3.42. The number of thiophene rings is 1. The molecule has 1 unspecified atom stereocenters. The number of aromatic nitrogens is 2. The van der Waals surface area contributed by atoms with Gasteiger partial charge in [0, 0.05) is 12.5 Å². The highest BCUT2D eigenvalue weighted by molar-refractivity contribution is 7.13. The topological polar surface area (TPSA) is 51.0 Å². The molecule has 4 nitrogen and oxygen atoms in total. The minimum Gasteiger partial charge on any atom is -0.339 e. The first-order chi connectivity index (χ1) is 8.29. The highest BCUT2D eigenvalue weighted by Crippen LogP contribution is 2.21. The van der Waals surface area contributed by atoms with Gasteiger partial charge in [0.05, 0.1) is 4.88 Å². The monoisotopic (exact) mass is 251 g/mol. The molecule has 0 saturated carbocycles. The first-order valence-corrected chi connectivity index (χ1v) is 6.77. The van der Waals surface area contributed by atoms with Crippen molar-refractivity contribution in [2.24, 2.45) is 0 Å². The second kappa shape index (κ2) is 5.93. The maximum absolute atomic E-state index is 5.23. The smallest absolute Gasteiger partial charge is 0.227 e. The van der Waals surface area contributed by atoms with Gasteiger partial charge in [-0.1, -0.05) is 18.1 Å². The molecular formula is C12H17N3OS. The van der Waals surface area contributed by atoms with E-state index in [0.717, 1.165) is 30.2 Å². The summed E-state index contributed by atoms with van der Waals surface area (Å²) in [4.78, 5) is 5.44. The Bertz CT molecular complexity index is 438. The lowest BCUT2D eigenvalue weighted by molar-refractivity contribution is 0.368. The molecule has 2 rings (SSSR count). The predicted octanol–water partition coefficient (Wildman–Crippen LogP) is 2.73. The average Bonchev–Trinajstić information content (AvgIpc) is 2.97. The molecular weight excluding hydrogens is 234 g/mol. The minimum absolute atomic E-state index is 0.483. The second-order valence-corrected chi connectivity index (χ2v) is 4.93. The normalized spacial score (nSPS) is 12.8. The molecule has 0 spiro atoms. The number of nitrogens with one attached hydrogen (secondary N) is 1. The zero-order valence-corrected chi connectivity index (χ0v) is 11.0. The van der Waals surface area contributed by atoms with Crippen LogP contribution in [0.2, 0.25) is 0 Å². The van der Waals surface area contributed by atoms with Gasteiger partial charge in [-0.05, 0) is 31.3 Å². The van der Waals surface area contributed by atoms with Crippen LogP contribution in [0.1, 0.15) is 26.2 Å². The van der Waals surface area contributed by atoms with Crippen LogP contribution in [0.5, 0.6) is 0 Å². The summed E-state index contributed by atoms with van der Waals surface area (Å²) in [6, 6.07) is 4.47. The molecule has 0 amide bonds. The Morgan fingerprint density at radius 2 is 2.41 bits per heavy atom. The summed E-state index contributed by atoms with van der Waals surface area (Å²) in [5, 5.41) is 9.36. The lowest BCUT2D eigenvalue weighted by Crippen LogP contribution is -2.25. The van der Waals surface area contributed by atoms with E-state index in [1.807, 2.05) is 17.5 Å². The van der Waals surface area contributed by atoms with E-state index in [1.54, 1.807) is 11.3 Å². The van der Waals surface area contributed by atoms with E-state index in [9.17, 15) is 0 Å². The summed E-state index contributed by atoms with van der Waals surface area (Å²) >= 11 is 1.62. The van der Waals surface area contributed by atoms with Crippen molar-refractivity contribution >= 4 is 11.3 Å². The van der Waals surface area contributed by atoms with Crippen LogP contribution in [-0.2, 0) is 6.42 Å². The van der Waals surface area contributed by atoms with E-state index in [0.29, 0.717) is 11.9 Å². The van der Waals surface area contributed by atoms with Gasteiger partial charge in [-0.15, -0.1) is 11.3 Å². The van der Waals surface area contributed by atoms with Crippen molar-refractivity contribution in [3.05, 3.63) is 23.4 Å². The molecule has 0 aliphatic heterocycles. The van der Waals surface area contributed by atoms with Gasteiger partial charge in [-0.2, -0.15) is 4.98 Å². The van der Waals surface area contributed by atoms with Crippen LogP contribution >= 0.6 is 11.3 Å². The molecule has 0 aliphatic rings. The Morgan fingerprint density at radius 3 is 3.12 bits per heavy atom. The van der Waals surface area contributed by atoms with Crippen LogP contribution < -0.4 is 5.32 Å². The molecule has 0 fully saturated rings. The fourth-order valence-electron chi connectivity index (χ4n) is 1.65. The predicted molar refractivity (Wildman–Crippen MR) is 69.1 cm³/mol. The number of nitrogens with zero attached hydrogens (tertiary/aromatic N) is 2. The number of hydrogen-bond donors (Lipinski definition) is 1. The average molecular weight is 251 g/mol. The van der Waals surface area contributed by atoms with E-state index >= 15 is 0 Å². The third-order valence-electron chi connectivity index (χ3n) is 2.55. The Balaban J connectivity index is 1.91. The summed E-state index contributed by atoms with van der Waals surface area (Å²) in [7, 11) is 0. The molecule has 0 aliphatic carbocycles. The van der Waals surface area contributed by atoms with E-state index in [2.05, 4.69) is 29.3 Å². The SMILES string of the molecule is CCNC(C)CCc1nc(-c2cccs2)no1. The minimum atomic E-state index is 0.483. The molecule has 0 radical (unpaired) electrons. The Morgan fingerprint density at radius 1 is 1.53 bits per heavy atom. The third kappa shape index (κ3) is 3.38. The van der Waals surface area contributed by atoms with Crippen LogP contribution in [-0.4, -0.2) is 22.7 Å². The van der Waals surface area contributed by atoms with E-state index in [4.69, 9.17) is 4.52 Å². The lowest BCUT2D eigenvalue weighted by atomic mass is 10.2. The molecule has 2 heterocycles. The fourth-order valence-corrected chi connectivity index (χ4v) is 2.30. The van der Waals surface area contributed by atoms with Crippen LogP contribution in [0.25, 0.3) is 10.7 Å². The molecule has 2 aromatic heterocycles. The van der Waals surface area contributed by atoms with Gasteiger partial charge in [0.25, 0.3) is 0 Å². The van der Waals surface area contributed by atoms with Crippen molar-refractivity contribution < 1.29 is 4.52 Å². The molecule has 2 aromatic rings. The van der Waals surface area contributed by atoms with Gasteiger partial charge < -0.3 is 9.84 Å². The van der Waals surface area contributed by atoms with Crippen molar-refractivity contribution in [3.63, 3.8) is 0 Å². The van der Waals surface area contributed by atoms with E-state index in [-0.39, 0.29) is 0 Å². The molecule has 5 heteroatoms. The van der Waals surface area contributed by atoms with Crippen molar-refractivity contribution in [1.82, 2.24) is 15.5 Å². The Labute approximate surface area is 105 Å². The van der Waals surface area contributed by atoms with Crippen molar-refractivity contribution in [2.45, 2.75) is 32.7 Å². The van der Waals surface area contributed by atoms with Gasteiger partial charge in [-0.25, -0.2) is 0 Å². The van der Waals surface area contributed by atoms with Crippen molar-refractivity contribution in [2.75, 3.05) is 6.54 Å². The largest absolute Gasteiger partial charge is 0.339 e. The number of aryl methyl sites for hydroxylation is 1. The van der Waals surface area contributed by atoms with Gasteiger partial charge in [-0.3, -0.25) is 0 Å². The summed E-state index contributed by atoms with van der Waals surface area (Å²) in [5.41, 5.74) is 0. The van der Waals surface area contributed by atoms with Crippen molar-refractivity contribution in [1.29, 1.82) is 0 Å². The molecule has 1 atom stereocenters. The van der Waals surface area contributed by atoms with Gasteiger partial charge >= 0.3 is 0 Å². The fraction of sp³-hybridized carbons (Fsp3) is 0.500. The number of rotatable bonds is 6. The molecule has 0 bridgehead atoms. The first kappa shape index (κ1) is 12.3. The Hall–Kier alpha value is -1.20. The summed E-state index contributed by atoms with van der Waals surface area (Å²) in [5.74, 6) is 1.42. The molecule has 92 valence electrons. The van der Waals surface area contributed by atoms with E-state index in [1.165, 1.54) is 0 Å².